The second kappa shape index (κ2) is 9.88. The lowest BCUT2D eigenvalue weighted by Crippen LogP contribution is -2.38. The molecule has 0 saturated heterocycles. The number of non-ortho nitro benzene ring substituents is 1. The Morgan fingerprint density at radius 1 is 1.12 bits per heavy atom. The van der Waals surface area contributed by atoms with E-state index in [4.69, 9.17) is 16.3 Å². The predicted octanol–water partition coefficient (Wildman–Crippen LogP) is 4.40. The molecule has 9 nitrogen and oxygen atoms in total. The fraction of sp³-hybridized carbons (Fsp3) is 0.136. The van der Waals surface area contributed by atoms with Crippen LogP contribution in [0.25, 0.3) is 0 Å². The summed E-state index contributed by atoms with van der Waals surface area (Å²) in [5, 5.41) is 13.6. The summed E-state index contributed by atoms with van der Waals surface area (Å²) in [6, 6.07) is 15.9. The third-order valence-electron chi connectivity index (χ3n) is 4.66. The van der Waals surface area contributed by atoms with Gasteiger partial charge in [0, 0.05) is 17.8 Å². The molecular formula is C22H20ClN3O6S. The average Bonchev–Trinajstić information content (AvgIpc) is 2.77. The first-order valence-corrected chi connectivity index (χ1v) is 11.4. The number of halogens is 1. The van der Waals surface area contributed by atoms with Crippen molar-refractivity contribution in [1.29, 1.82) is 0 Å². The third kappa shape index (κ3) is 5.60. The number of nitrogens with zero attached hydrogens (tertiary/aromatic N) is 2. The van der Waals surface area contributed by atoms with E-state index >= 15 is 0 Å². The van der Waals surface area contributed by atoms with Crippen LogP contribution in [0.15, 0.2) is 71.6 Å². The van der Waals surface area contributed by atoms with Gasteiger partial charge in [0.05, 0.1) is 27.6 Å². The fourth-order valence-electron chi connectivity index (χ4n) is 2.99. The maximum atomic E-state index is 13.4. The lowest BCUT2D eigenvalue weighted by atomic mass is 10.2. The number of rotatable bonds is 8. The molecule has 0 unspecified atom stereocenters. The van der Waals surface area contributed by atoms with Gasteiger partial charge in [0.25, 0.3) is 15.7 Å². The maximum Gasteiger partial charge on any atom is 0.271 e. The molecule has 33 heavy (non-hydrogen) atoms. The molecule has 0 aliphatic heterocycles. The summed E-state index contributed by atoms with van der Waals surface area (Å²) in [7, 11) is -2.73. The third-order valence-corrected chi connectivity index (χ3v) is 6.74. The van der Waals surface area contributed by atoms with Crippen molar-refractivity contribution in [3.05, 3.63) is 87.4 Å². The van der Waals surface area contributed by atoms with E-state index in [1.54, 1.807) is 12.1 Å². The highest BCUT2D eigenvalue weighted by atomic mass is 35.5. The number of nitro benzene ring substituents is 1. The molecule has 11 heteroatoms. The molecule has 172 valence electrons. The normalized spacial score (nSPS) is 11.0. The Bertz CT molecular complexity index is 1300. The van der Waals surface area contributed by atoms with Gasteiger partial charge in [-0.25, -0.2) is 8.42 Å². The number of ether oxygens (including phenoxy) is 1. The SMILES string of the molecule is COc1ccc(N(CC(=O)Nc2cccc([N+](=O)[O-])c2)S(=O)(=O)c2ccc(C)cc2)cc1Cl. The predicted molar refractivity (Wildman–Crippen MR) is 125 cm³/mol. The van der Waals surface area contributed by atoms with Crippen molar-refractivity contribution in [3.63, 3.8) is 0 Å². The molecule has 0 radical (unpaired) electrons. The van der Waals surface area contributed by atoms with Crippen molar-refractivity contribution in [2.45, 2.75) is 11.8 Å². The van der Waals surface area contributed by atoms with Crippen molar-refractivity contribution in [2.75, 3.05) is 23.3 Å². The minimum Gasteiger partial charge on any atom is -0.495 e. The number of hydrogen-bond acceptors (Lipinski definition) is 6. The molecule has 3 aromatic carbocycles. The zero-order chi connectivity index (χ0) is 24.2. The van der Waals surface area contributed by atoms with Crippen molar-refractivity contribution in [2.24, 2.45) is 0 Å². The molecule has 0 atom stereocenters. The Morgan fingerprint density at radius 2 is 1.82 bits per heavy atom. The molecule has 1 N–H and O–H groups in total. The second-order valence-corrected chi connectivity index (χ2v) is 9.27. The molecule has 0 aromatic heterocycles. The number of carbonyl (C=O) groups excluding carboxylic acids is 1. The largest absolute Gasteiger partial charge is 0.495 e. The Labute approximate surface area is 195 Å². The average molecular weight is 490 g/mol. The summed E-state index contributed by atoms with van der Waals surface area (Å²) in [4.78, 5) is 23.1. The van der Waals surface area contributed by atoms with Gasteiger partial charge >= 0.3 is 0 Å². The molecule has 0 saturated carbocycles. The molecule has 3 rings (SSSR count). The van der Waals surface area contributed by atoms with Gasteiger partial charge in [-0.05, 0) is 43.3 Å². The fourth-order valence-corrected chi connectivity index (χ4v) is 4.66. The Hall–Kier alpha value is -3.63. The van der Waals surface area contributed by atoms with Gasteiger partial charge in [0.2, 0.25) is 5.91 Å². The van der Waals surface area contributed by atoms with E-state index in [1.165, 1.54) is 61.7 Å². The topological polar surface area (TPSA) is 119 Å². The molecule has 3 aromatic rings. The van der Waals surface area contributed by atoms with E-state index in [1.807, 2.05) is 6.92 Å². The Kier molecular flexibility index (Phi) is 7.19. The van der Waals surface area contributed by atoms with Crippen LogP contribution < -0.4 is 14.4 Å². The number of methoxy groups -OCH3 is 1. The van der Waals surface area contributed by atoms with Crippen molar-refractivity contribution >= 4 is 44.6 Å². The summed E-state index contributed by atoms with van der Waals surface area (Å²) >= 11 is 6.19. The van der Waals surface area contributed by atoms with E-state index < -0.39 is 27.4 Å². The number of hydrogen-bond donors (Lipinski definition) is 1. The Morgan fingerprint density at radius 3 is 2.42 bits per heavy atom. The molecule has 0 spiro atoms. The van der Waals surface area contributed by atoms with Gasteiger partial charge in [0.15, 0.2) is 0 Å². The highest BCUT2D eigenvalue weighted by molar-refractivity contribution is 7.92. The minimum atomic E-state index is -4.15. The summed E-state index contributed by atoms with van der Waals surface area (Å²) in [6.45, 7) is 1.23. The number of anilines is 2. The molecule has 0 aliphatic rings. The van der Waals surface area contributed by atoms with Crippen molar-refractivity contribution in [3.8, 4) is 5.75 Å². The van der Waals surface area contributed by atoms with E-state index in [-0.39, 0.29) is 27.0 Å². The zero-order valence-corrected chi connectivity index (χ0v) is 19.3. The van der Waals surface area contributed by atoms with Crippen LogP contribution in [0.1, 0.15) is 5.56 Å². The van der Waals surface area contributed by atoms with E-state index in [2.05, 4.69) is 5.32 Å². The molecule has 1 amide bonds. The van der Waals surface area contributed by atoms with Gasteiger partial charge in [-0.2, -0.15) is 0 Å². The number of aryl methyl sites for hydroxylation is 1. The number of amides is 1. The van der Waals surface area contributed by atoms with E-state index in [0.717, 1.165) is 9.87 Å². The first kappa shape index (κ1) is 24.0. The standard InChI is InChI=1S/C22H20ClN3O6S/c1-15-6-9-19(10-7-15)33(30,31)25(17-8-11-21(32-2)20(23)13-17)14-22(27)24-16-4-3-5-18(12-16)26(28)29/h3-13H,14H2,1-2H3,(H,24,27). The van der Waals surface area contributed by atoms with Crippen LogP contribution in [0.5, 0.6) is 5.75 Å². The zero-order valence-electron chi connectivity index (χ0n) is 17.7. The number of nitro groups is 1. The number of carbonyl (C=O) groups is 1. The second-order valence-electron chi connectivity index (χ2n) is 7.00. The summed E-state index contributed by atoms with van der Waals surface area (Å²) in [5.41, 5.74) is 0.973. The summed E-state index contributed by atoms with van der Waals surface area (Å²) in [5.74, 6) is -0.354. The highest BCUT2D eigenvalue weighted by Crippen LogP contribution is 2.32. The number of sulfonamides is 1. The van der Waals surface area contributed by atoms with Crippen LogP contribution in [0.3, 0.4) is 0 Å². The van der Waals surface area contributed by atoms with Crippen LogP contribution in [0.2, 0.25) is 5.02 Å². The van der Waals surface area contributed by atoms with Gasteiger partial charge in [-0.1, -0.05) is 35.4 Å². The molecule has 0 fully saturated rings. The molecule has 0 heterocycles. The smallest absolute Gasteiger partial charge is 0.271 e. The van der Waals surface area contributed by atoms with Gasteiger partial charge in [0.1, 0.15) is 12.3 Å². The number of nitrogens with one attached hydrogen (secondary N) is 1. The van der Waals surface area contributed by atoms with Crippen molar-refractivity contribution < 1.29 is 22.9 Å². The van der Waals surface area contributed by atoms with E-state index in [0.29, 0.717) is 5.75 Å². The number of benzene rings is 3. The minimum absolute atomic E-state index is 0.0109. The Balaban J connectivity index is 1.97. The maximum absolute atomic E-state index is 13.4. The lowest BCUT2D eigenvalue weighted by molar-refractivity contribution is -0.384. The monoisotopic (exact) mass is 489 g/mol. The first-order chi connectivity index (χ1) is 15.6. The first-order valence-electron chi connectivity index (χ1n) is 9.59. The van der Waals surface area contributed by atoms with Crippen LogP contribution in [-0.4, -0.2) is 32.9 Å². The lowest BCUT2D eigenvalue weighted by Gasteiger charge is -2.24. The van der Waals surface area contributed by atoms with Gasteiger partial charge in [-0.3, -0.25) is 19.2 Å². The van der Waals surface area contributed by atoms with E-state index in [9.17, 15) is 23.3 Å². The molecule has 0 bridgehead atoms. The van der Waals surface area contributed by atoms with Crippen molar-refractivity contribution in [1.82, 2.24) is 0 Å². The molecule has 0 aliphatic carbocycles. The van der Waals surface area contributed by atoms with Crippen LogP contribution >= 0.6 is 11.6 Å². The highest BCUT2D eigenvalue weighted by Gasteiger charge is 2.28. The van der Waals surface area contributed by atoms with Gasteiger partial charge in [-0.15, -0.1) is 0 Å². The van der Waals surface area contributed by atoms with Gasteiger partial charge < -0.3 is 10.1 Å². The molecular weight excluding hydrogens is 470 g/mol. The van der Waals surface area contributed by atoms with Crippen LogP contribution in [0.4, 0.5) is 17.1 Å². The van der Waals surface area contributed by atoms with Crippen LogP contribution in [-0.2, 0) is 14.8 Å². The quantitative estimate of drug-likeness (QED) is 0.370. The summed E-state index contributed by atoms with van der Waals surface area (Å²) in [6.07, 6.45) is 0. The summed E-state index contributed by atoms with van der Waals surface area (Å²) < 4.78 is 32.9. The van der Waals surface area contributed by atoms with Crippen LogP contribution in [0, 0.1) is 17.0 Å².